The highest BCUT2D eigenvalue weighted by atomic mass is 35.5. The average Bonchev–Trinajstić information content (AvgIpc) is 3.37. The summed E-state index contributed by atoms with van der Waals surface area (Å²) in [7, 11) is 0. The second-order valence-corrected chi connectivity index (χ2v) is 6.72. The summed E-state index contributed by atoms with van der Waals surface area (Å²) in [5.41, 5.74) is 1.93. The van der Waals surface area contributed by atoms with E-state index in [2.05, 4.69) is 10.6 Å². The lowest BCUT2D eigenvalue weighted by Gasteiger charge is -2.05. The normalized spacial score (nSPS) is 13.7. The van der Waals surface area contributed by atoms with E-state index in [4.69, 9.17) is 23.2 Å². The summed E-state index contributed by atoms with van der Waals surface area (Å²) in [6.07, 6.45) is 5.12. The van der Waals surface area contributed by atoms with E-state index >= 15 is 0 Å². The van der Waals surface area contributed by atoms with Crippen molar-refractivity contribution >= 4 is 46.8 Å². The van der Waals surface area contributed by atoms with Crippen molar-refractivity contribution in [2.24, 2.45) is 0 Å². The third kappa shape index (κ3) is 5.34. The zero-order valence-electron chi connectivity index (χ0n) is 13.3. The van der Waals surface area contributed by atoms with Gasteiger partial charge in [-0.2, -0.15) is 0 Å². The van der Waals surface area contributed by atoms with Crippen molar-refractivity contribution in [3.63, 3.8) is 0 Å². The van der Waals surface area contributed by atoms with Crippen LogP contribution in [0, 0.1) is 0 Å². The first-order chi connectivity index (χ1) is 12.0. The van der Waals surface area contributed by atoms with E-state index in [9.17, 15) is 9.59 Å². The molecule has 0 atom stereocenters. The quantitative estimate of drug-likeness (QED) is 0.754. The predicted molar refractivity (Wildman–Crippen MR) is 101 cm³/mol. The number of benzene rings is 2. The van der Waals surface area contributed by atoms with Crippen molar-refractivity contribution in [1.82, 2.24) is 5.32 Å². The standard InChI is InChI=1S/C19H16Cl2N2O2/c20-14-9-12(10-15(21)11-14)1-8-18(24)22-16-4-2-13(3-5-16)19(25)23-17-6-7-17/h1-5,8-11,17H,6-7H2,(H,22,24)(H,23,25)/b8-1+. The van der Waals surface area contributed by atoms with Gasteiger partial charge in [0.2, 0.25) is 5.91 Å². The summed E-state index contributed by atoms with van der Waals surface area (Å²) in [6.45, 7) is 0. The molecule has 2 amide bonds. The highest BCUT2D eigenvalue weighted by molar-refractivity contribution is 6.34. The van der Waals surface area contributed by atoms with E-state index in [1.807, 2.05) is 0 Å². The molecule has 2 N–H and O–H groups in total. The Hall–Kier alpha value is -2.30. The molecular formula is C19H16Cl2N2O2. The van der Waals surface area contributed by atoms with Crippen LogP contribution in [0.4, 0.5) is 5.69 Å². The number of nitrogens with one attached hydrogen (secondary N) is 2. The van der Waals surface area contributed by atoms with Crippen molar-refractivity contribution in [3.8, 4) is 0 Å². The molecule has 1 aliphatic carbocycles. The van der Waals surface area contributed by atoms with Crippen LogP contribution < -0.4 is 10.6 Å². The second-order valence-electron chi connectivity index (χ2n) is 5.85. The highest BCUT2D eigenvalue weighted by Crippen LogP contribution is 2.21. The monoisotopic (exact) mass is 374 g/mol. The molecule has 0 bridgehead atoms. The minimum absolute atomic E-state index is 0.0851. The van der Waals surface area contributed by atoms with Gasteiger partial charge in [0.15, 0.2) is 0 Å². The topological polar surface area (TPSA) is 58.2 Å². The Kier molecular flexibility index (Phi) is 5.41. The van der Waals surface area contributed by atoms with Gasteiger partial charge in [-0.1, -0.05) is 23.2 Å². The van der Waals surface area contributed by atoms with Crippen molar-refractivity contribution < 1.29 is 9.59 Å². The van der Waals surface area contributed by atoms with Crippen molar-refractivity contribution in [1.29, 1.82) is 0 Å². The lowest BCUT2D eigenvalue weighted by atomic mass is 10.2. The van der Waals surface area contributed by atoms with Gasteiger partial charge in [0.25, 0.3) is 5.91 Å². The molecule has 1 aliphatic rings. The summed E-state index contributed by atoms with van der Waals surface area (Å²) in [5.74, 6) is -0.371. The molecule has 2 aromatic carbocycles. The van der Waals surface area contributed by atoms with Crippen LogP contribution in [0.5, 0.6) is 0 Å². The van der Waals surface area contributed by atoms with Crippen molar-refractivity contribution in [3.05, 3.63) is 69.7 Å². The van der Waals surface area contributed by atoms with E-state index in [0.29, 0.717) is 27.3 Å². The van der Waals surface area contributed by atoms with Gasteiger partial charge in [0.05, 0.1) is 0 Å². The Bertz CT molecular complexity index is 808. The molecular weight excluding hydrogens is 359 g/mol. The molecule has 0 unspecified atom stereocenters. The maximum Gasteiger partial charge on any atom is 0.251 e. The van der Waals surface area contributed by atoms with Gasteiger partial charge in [0.1, 0.15) is 0 Å². The number of carbonyl (C=O) groups is 2. The first-order valence-corrected chi connectivity index (χ1v) is 8.61. The van der Waals surface area contributed by atoms with Crippen LogP contribution in [0.3, 0.4) is 0 Å². The molecule has 0 aromatic heterocycles. The molecule has 0 saturated heterocycles. The first kappa shape index (κ1) is 17.5. The first-order valence-electron chi connectivity index (χ1n) is 7.86. The molecule has 4 nitrogen and oxygen atoms in total. The molecule has 6 heteroatoms. The minimum Gasteiger partial charge on any atom is -0.349 e. The van der Waals surface area contributed by atoms with Gasteiger partial charge in [-0.25, -0.2) is 0 Å². The number of carbonyl (C=O) groups excluding carboxylic acids is 2. The van der Waals surface area contributed by atoms with Crippen molar-refractivity contribution in [2.45, 2.75) is 18.9 Å². The summed E-state index contributed by atoms with van der Waals surface area (Å²) in [4.78, 5) is 23.9. The Morgan fingerprint density at radius 2 is 1.64 bits per heavy atom. The smallest absolute Gasteiger partial charge is 0.251 e. The SMILES string of the molecule is O=C(/C=C/c1cc(Cl)cc(Cl)c1)Nc1ccc(C(=O)NC2CC2)cc1. The zero-order valence-corrected chi connectivity index (χ0v) is 14.8. The number of anilines is 1. The summed E-state index contributed by atoms with van der Waals surface area (Å²) < 4.78 is 0. The molecule has 0 heterocycles. The Balaban J connectivity index is 1.58. The Labute approximate surface area is 155 Å². The number of rotatable bonds is 5. The van der Waals surface area contributed by atoms with Crippen LogP contribution in [0.15, 0.2) is 48.5 Å². The van der Waals surface area contributed by atoms with Crippen LogP contribution in [0.25, 0.3) is 6.08 Å². The number of hydrogen-bond donors (Lipinski definition) is 2. The van der Waals surface area contributed by atoms with Gasteiger partial charge in [-0.3, -0.25) is 9.59 Å². The maximum absolute atomic E-state index is 12.0. The van der Waals surface area contributed by atoms with E-state index in [0.717, 1.165) is 18.4 Å². The second kappa shape index (κ2) is 7.72. The van der Waals surface area contributed by atoms with Crippen LogP contribution >= 0.6 is 23.2 Å². The van der Waals surface area contributed by atoms with Crippen LogP contribution in [0.1, 0.15) is 28.8 Å². The lowest BCUT2D eigenvalue weighted by Crippen LogP contribution is -2.25. The van der Waals surface area contributed by atoms with Crippen molar-refractivity contribution in [2.75, 3.05) is 5.32 Å². The zero-order chi connectivity index (χ0) is 17.8. The number of hydrogen-bond acceptors (Lipinski definition) is 2. The maximum atomic E-state index is 12.0. The Morgan fingerprint density at radius 1 is 1.00 bits per heavy atom. The molecule has 3 rings (SSSR count). The van der Waals surface area contributed by atoms with E-state index in [-0.39, 0.29) is 11.8 Å². The van der Waals surface area contributed by atoms with Gasteiger partial charge in [0, 0.05) is 33.4 Å². The van der Waals surface area contributed by atoms with Gasteiger partial charge >= 0.3 is 0 Å². The minimum atomic E-state index is -0.286. The summed E-state index contributed by atoms with van der Waals surface area (Å²) >= 11 is 11.8. The third-order valence-corrected chi connectivity index (χ3v) is 4.08. The third-order valence-electron chi connectivity index (χ3n) is 3.64. The van der Waals surface area contributed by atoms with Gasteiger partial charge in [-0.05, 0) is 66.9 Å². The molecule has 0 aliphatic heterocycles. The molecule has 1 fully saturated rings. The van der Waals surface area contributed by atoms with Gasteiger partial charge < -0.3 is 10.6 Å². The highest BCUT2D eigenvalue weighted by Gasteiger charge is 2.23. The van der Waals surface area contributed by atoms with E-state index in [1.165, 1.54) is 6.08 Å². The fourth-order valence-electron chi connectivity index (χ4n) is 2.23. The fraction of sp³-hybridized carbons (Fsp3) is 0.158. The summed E-state index contributed by atoms with van der Waals surface area (Å²) in [6, 6.07) is 12.1. The molecule has 2 aromatic rings. The van der Waals surface area contributed by atoms with Crippen LogP contribution in [-0.4, -0.2) is 17.9 Å². The lowest BCUT2D eigenvalue weighted by molar-refractivity contribution is -0.111. The average molecular weight is 375 g/mol. The fourth-order valence-corrected chi connectivity index (χ4v) is 2.77. The van der Waals surface area contributed by atoms with Crippen LogP contribution in [0.2, 0.25) is 10.0 Å². The van der Waals surface area contributed by atoms with Gasteiger partial charge in [-0.15, -0.1) is 0 Å². The predicted octanol–water partition coefficient (Wildman–Crippen LogP) is 4.54. The largest absolute Gasteiger partial charge is 0.349 e. The van der Waals surface area contributed by atoms with Crippen LogP contribution in [-0.2, 0) is 4.79 Å². The van der Waals surface area contributed by atoms with E-state index in [1.54, 1.807) is 48.5 Å². The summed E-state index contributed by atoms with van der Waals surface area (Å²) in [5, 5.41) is 6.67. The molecule has 0 spiro atoms. The molecule has 128 valence electrons. The number of halogens is 2. The molecule has 0 radical (unpaired) electrons. The Morgan fingerprint density at radius 3 is 2.24 bits per heavy atom. The number of amides is 2. The molecule has 1 saturated carbocycles. The van der Waals surface area contributed by atoms with E-state index < -0.39 is 0 Å². The molecule has 25 heavy (non-hydrogen) atoms.